The molecule has 112 valence electrons. The van der Waals surface area contributed by atoms with E-state index in [1.165, 1.54) is 0 Å². The van der Waals surface area contributed by atoms with E-state index in [0.29, 0.717) is 5.69 Å². The fraction of sp³-hybridized carbons (Fsp3) is 0.167. The number of hydrogen-bond donors (Lipinski definition) is 1. The van der Waals surface area contributed by atoms with Crippen molar-refractivity contribution in [3.8, 4) is 0 Å². The Balaban J connectivity index is 2.30. The van der Waals surface area contributed by atoms with Crippen molar-refractivity contribution in [2.45, 2.75) is 13.8 Å². The lowest BCUT2D eigenvalue weighted by Gasteiger charge is -2.10. The van der Waals surface area contributed by atoms with Crippen molar-refractivity contribution in [1.29, 1.82) is 0 Å². The van der Waals surface area contributed by atoms with Crippen molar-refractivity contribution in [2.75, 3.05) is 5.32 Å². The highest BCUT2D eigenvalue weighted by atomic mass is 16.2. The van der Waals surface area contributed by atoms with E-state index < -0.39 is 5.91 Å². The molecule has 0 unspecified atom stereocenters. The number of benzene rings is 1. The van der Waals surface area contributed by atoms with Crippen LogP contribution in [-0.4, -0.2) is 16.7 Å². The molecule has 22 heavy (non-hydrogen) atoms. The van der Waals surface area contributed by atoms with Gasteiger partial charge in [0.1, 0.15) is 0 Å². The maximum atomic E-state index is 12.4. The van der Waals surface area contributed by atoms with Gasteiger partial charge in [-0.2, -0.15) is 0 Å². The van der Waals surface area contributed by atoms with E-state index in [9.17, 15) is 9.59 Å². The average molecular weight is 294 g/mol. The van der Waals surface area contributed by atoms with Crippen molar-refractivity contribution < 1.29 is 9.59 Å². The van der Waals surface area contributed by atoms with Crippen LogP contribution in [0.4, 0.5) is 5.69 Å². The summed E-state index contributed by atoms with van der Waals surface area (Å²) in [5.41, 5.74) is 1.57. The Morgan fingerprint density at radius 2 is 1.68 bits per heavy atom. The summed E-state index contributed by atoms with van der Waals surface area (Å²) in [5.74, 6) is -0.845. The lowest BCUT2D eigenvalue weighted by atomic mass is 9.98. The van der Waals surface area contributed by atoms with Crippen LogP contribution >= 0.6 is 0 Å². The van der Waals surface area contributed by atoms with Gasteiger partial charge in [-0.15, -0.1) is 0 Å². The summed E-state index contributed by atoms with van der Waals surface area (Å²) in [6.07, 6.45) is 4.79. The van der Waals surface area contributed by atoms with E-state index >= 15 is 0 Å². The van der Waals surface area contributed by atoms with E-state index in [1.807, 2.05) is 30.3 Å². The van der Waals surface area contributed by atoms with E-state index in [4.69, 9.17) is 0 Å². The molecule has 2 rings (SSSR count). The van der Waals surface area contributed by atoms with Gasteiger partial charge in [0.15, 0.2) is 5.78 Å². The second kappa shape index (κ2) is 7.31. The van der Waals surface area contributed by atoms with Gasteiger partial charge >= 0.3 is 0 Å². The van der Waals surface area contributed by atoms with Gasteiger partial charge in [-0.3, -0.25) is 14.6 Å². The molecule has 1 aromatic carbocycles. The molecule has 0 fully saturated rings. The summed E-state index contributed by atoms with van der Waals surface area (Å²) in [4.78, 5) is 28.7. The van der Waals surface area contributed by atoms with Gasteiger partial charge < -0.3 is 5.32 Å². The minimum absolute atomic E-state index is 0.151. The number of anilines is 1. The molecule has 2 aromatic rings. The Labute approximate surface area is 129 Å². The van der Waals surface area contributed by atoms with Gasteiger partial charge in [0.05, 0.1) is 5.57 Å². The Kier molecular flexibility index (Phi) is 5.20. The summed E-state index contributed by atoms with van der Waals surface area (Å²) in [6, 6.07) is 12.7. The summed E-state index contributed by atoms with van der Waals surface area (Å²) < 4.78 is 0. The molecule has 4 heteroatoms. The zero-order valence-corrected chi connectivity index (χ0v) is 12.6. The zero-order chi connectivity index (χ0) is 15.9. The van der Waals surface area contributed by atoms with E-state index in [-0.39, 0.29) is 17.3 Å². The monoisotopic (exact) mass is 294 g/mol. The van der Waals surface area contributed by atoms with Crippen LogP contribution in [0.3, 0.4) is 0 Å². The molecule has 0 radical (unpaired) electrons. The third-order valence-electron chi connectivity index (χ3n) is 3.08. The largest absolute Gasteiger partial charge is 0.322 e. The highest BCUT2D eigenvalue weighted by Crippen LogP contribution is 2.15. The lowest BCUT2D eigenvalue weighted by molar-refractivity contribution is -0.121. The highest BCUT2D eigenvalue weighted by molar-refractivity contribution is 6.26. The number of amides is 1. The predicted octanol–water partition coefficient (Wildman–Crippen LogP) is 3.33. The topological polar surface area (TPSA) is 59.1 Å². The molecule has 1 aromatic heterocycles. The van der Waals surface area contributed by atoms with Crippen molar-refractivity contribution in [2.24, 2.45) is 5.92 Å². The van der Waals surface area contributed by atoms with Crippen molar-refractivity contribution >= 4 is 23.5 Å². The van der Waals surface area contributed by atoms with Crippen LogP contribution in [0.15, 0.2) is 60.4 Å². The Bertz CT molecular complexity index is 677. The number of aromatic nitrogens is 1. The Morgan fingerprint density at radius 3 is 2.27 bits per heavy atom. The van der Waals surface area contributed by atoms with Crippen LogP contribution in [0.25, 0.3) is 6.08 Å². The first kappa shape index (κ1) is 15.6. The number of rotatable bonds is 5. The van der Waals surface area contributed by atoms with Crippen molar-refractivity contribution in [3.05, 3.63) is 66.0 Å². The number of nitrogens with zero attached hydrogens (tertiary/aromatic N) is 1. The molecule has 4 nitrogen and oxygen atoms in total. The van der Waals surface area contributed by atoms with Crippen LogP contribution in [0.1, 0.15) is 19.4 Å². The second-order valence-electron chi connectivity index (χ2n) is 5.18. The van der Waals surface area contributed by atoms with Gasteiger partial charge in [-0.25, -0.2) is 0 Å². The third kappa shape index (κ3) is 4.12. The maximum absolute atomic E-state index is 12.4. The van der Waals surface area contributed by atoms with Crippen molar-refractivity contribution in [3.63, 3.8) is 0 Å². The molecule has 0 aliphatic rings. The molecule has 0 saturated heterocycles. The van der Waals surface area contributed by atoms with E-state index in [2.05, 4.69) is 10.3 Å². The van der Waals surface area contributed by atoms with Crippen LogP contribution in [0, 0.1) is 5.92 Å². The van der Waals surface area contributed by atoms with Gasteiger partial charge in [0, 0.05) is 24.0 Å². The fourth-order valence-electron chi connectivity index (χ4n) is 1.91. The van der Waals surface area contributed by atoms with Crippen LogP contribution < -0.4 is 5.32 Å². The highest BCUT2D eigenvalue weighted by Gasteiger charge is 2.21. The third-order valence-corrected chi connectivity index (χ3v) is 3.08. The maximum Gasteiger partial charge on any atom is 0.259 e. The first-order chi connectivity index (χ1) is 10.6. The Hall–Kier alpha value is -2.75. The normalized spacial score (nSPS) is 11.3. The molecule has 1 N–H and O–H groups in total. The number of hydrogen-bond acceptors (Lipinski definition) is 3. The number of Topliss-reactive ketones (excluding diaryl/α,β-unsaturated/α-hetero) is 1. The minimum atomic E-state index is -0.409. The second-order valence-corrected chi connectivity index (χ2v) is 5.18. The smallest absolute Gasteiger partial charge is 0.259 e. The molecule has 0 spiro atoms. The summed E-state index contributed by atoms with van der Waals surface area (Å²) in [5, 5.41) is 2.73. The van der Waals surface area contributed by atoms with Gasteiger partial charge in [0.25, 0.3) is 5.91 Å². The average Bonchev–Trinajstić information content (AvgIpc) is 2.53. The van der Waals surface area contributed by atoms with Gasteiger partial charge in [-0.05, 0) is 23.8 Å². The minimum Gasteiger partial charge on any atom is -0.322 e. The number of ketones is 1. The SMILES string of the molecule is CC(C)C(=O)/C(=C/c1ccccc1)C(=O)Nc1ccncc1. The fourth-order valence-corrected chi connectivity index (χ4v) is 1.91. The lowest BCUT2D eigenvalue weighted by Crippen LogP contribution is -2.23. The molecule has 1 amide bonds. The zero-order valence-electron chi connectivity index (χ0n) is 12.6. The van der Waals surface area contributed by atoms with E-state index in [0.717, 1.165) is 5.56 Å². The first-order valence-corrected chi connectivity index (χ1v) is 7.10. The molecule has 0 aliphatic carbocycles. The Morgan fingerprint density at radius 1 is 1.05 bits per heavy atom. The molecule has 0 saturated carbocycles. The predicted molar refractivity (Wildman–Crippen MR) is 87.1 cm³/mol. The van der Waals surface area contributed by atoms with Crippen LogP contribution in [-0.2, 0) is 9.59 Å². The number of carbonyl (C=O) groups excluding carboxylic acids is 2. The van der Waals surface area contributed by atoms with E-state index in [1.54, 1.807) is 44.4 Å². The molecule has 0 atom stereocenters. The van der Waals surface area contributed by atoms with Crippen molar-refractivity contribution in [1.82, 2.24) is 4.98 Å². The first-order valence-electron chi connectivity index (χ1n) is 7.10. The number of nitrogens with one attached hydrogen (secondary N) is 1. The quantitative estimate of drug-likeness (QED) is 0.523. The summed E-state index contributed by atoms with van der Waals surface area (Å²) in [6.45, 7) is 3.56. The van der Waals surface area contributed by atoms with Crippen LogP contribution in [0.5, 0.6) is 0 Å². The number of carbonyl (C=O) groups is 2. The molecule has 0 aliphatic heterocycles. The molecule has 0 bridgehead atoms. The van der Waals surface area contributed by atoms with Crippen LogP contribution in [0.2, 0.25) is 0 Å². The standard InChI is InChI=1S/C18H18N2O2/c1-13(2)17(21)16(12-14-6-4-3-5-7-14)18(22)20-15-8-10-19-11-9-15/h3-13H,1-2H3,(H,19,20,22)/b16-12-. The summed E-state index contributed by atoms with van der Waals surface area (Å²) >= 11 is 0. The van der Waals surface area contributed by atoms with Gasteiger partial charge in [0.2, 0.25) is 0 Å². The van der Waals surface area contributed by atoms with Gasteiger partial charge in [-0.1, -0.05) is 44.2 Å². The molecule has 1 heterocycles. The molecular formula is C18H18N2O2. The summed E-state index contributed by atoms with van der Waals surface area (Å²) in [7, 11) is 0. The number of pyridine rings is 1. The molecular weight excluding hydrogens is 276 g/mol.